The number of aryl methyl sites for hydroxylation is 1. The Morgan fingerprint density at radius 2 is 2.20 bits per heavy atom. The molecule has 3 rings (SSSR count). The van der Waals surface area contributed by atoms with Crippen molar-refractivity contribution in [1.29, 1.82) is 0 Å². The lowest BCUT2D eigenvalue weighted by Crippen LogP contribution is -1.99. The molecular formula is C13H9ClN2OS3. The van der Waals surface area contributed by atoms with E-state index in [1.54, 1.807) is 29.8 Å². The van der Waals surface area contributed by atoms with Crippen LogP contribution in [-0.4, -0.2) is 21.5 Å². The summed E-state index contributed by atoms with van der Waals surface area (Å²) in [6, 6.07) is 5.57. The summed E-state index contributed by atoms with van der Waals surface area (Å²) >= 11 is 10.2. The van der Waals surface area contributed by atoms with Gasteiger partial charge in [-0.15, -0.1) is 22.7 Å². The molecule has 0 saturated heterocycles. The number of thiophene rings is 2. The normalized spacial score (nSPS) is 11.1. The molecule has 0 spiro atoms. The molecule has 0 fully saturated rings. The minimum atomic E-state index is 0.0746. The fourth-order valence-corrected chi connectivity index (χ4v) is 4.58. The molecule has 7 heteroatoms. The van der Waals surface area contributed by atoms with E-state index in [0.717, 1.165) is 15.2 Å². The Bertz CT molecular complexity index is 781. The number of carbonyl (C=O) groups is 1. The fraction of sp³-hybridized carbons (Fsp3) is 0.154. The van der Waals surface area contributed by atoms with Crippen molar-refractivity contribution in [2.24, 2.45) is 0 Å². The first-order valence-electron chi connectivity index (χ1n) is 5.76. The highest BCUT2D eigenvalue weighted by atomic mass is 35.5. The smallest absolute Gasteiger partial charge is 0.183 e. The summed E-state index contributed by atoms with van der Waals surface area (Å²) in [6.07, 6.45) is 1.55. The number of rotatable bonds is 4. The molecule has 0 atom stereocenters. The third-order valence-corrected chi connectivity index (χ3v) is 5.84. The highest BCUT2D eigenvalue weighted by molar-refractivity contribution is 8.00. The lowest BCUT2D eigenvalue weighted by molar-refractivity contribution is 0.102. The van der Waals surface area contributed by atoms with Crippen LogP contribution in [0.25, 0.3) is 10.2 Å². The molecule has 3 aromatic rings. The number of ketones is 1. The summed E-state index contributed by atoms with van der Waals surface area (Å²) in [5.74, 6) is 0.434. The first-order chi connectivity index (χ1) is 9.63. The van der Waals surface area contributed by atoms with E-state index in [2.05, 4.69) is 16.0 Å². The fourth-order valence-electron chi connectivity index (χ4n) is 1.74. The molecule has 0 unspecified atom stereocenters. The maximum absolute atomic E-state index is 12.1. The van der Waals surface area contributed by atoms with Gasteiger partial charge in [-0.25, -0.2) is 9.97 Å². The van der Waals surface area contributed by atoms with Gasteiger partial charge in [-0.1, -0.05) is 23.4 Å². The van der Waals surface area contributed by atoms with Crippen LogP contribution in [0.15, 0.2) is 29.6 Å². The van der Waals surface area contributed by atoms with E-state index in [-0.39, 0.29) is 5.78 Å². The van der Waals surface area contributed by atoms with Crippen LogP contribution >= 0.6 is 46.0 Å². The molecule has 0 bridgehead atoms. The first kappa shape index (κ1) is 14.0. The number of nitrogens with zero attached hydrogens (tertiary/aromatic N) is 2. The highest BCUT2D eigenvalue weighted by Crippen LogP contribution is 2.31. The largest absolute Gasteiger partial charge is 0.292 e. The highest BCUT2D eigenvalue weighted by Gasteiger charge is 2.12. The molecular weight excluding hydrogens is 332 g/mol. The molecule has 0 aliphatic heterocycles. The van der Waals surface area contributed by atoms with Crippen molar-refractivity contribution in [3.05, 3.63) is 38.6 Å². The van der Waals surface area contributed by atoms with Crippen LogP contribution in [0.5, 0.6) is 0 Å². The molecule has 0 amide bonds. The van der Waals surface area contributed by atoms with Crippen LogP contribution in [0.3, 0.4) is 0 Å². The van der Waals surface area contributed by atoms with Crippen LogP contribution in [0.1, 0.15) is 14.5 Å². The molecule has 3 aromatic heterocycles. The number of hydrogen-bond donors (Lipinski definition) is 0. The van der Waals surface area contributed by atoms with Crippen LogP contribution < -0.4 is 0 Å². The Labute approximate surface area is 133 Å². The van der Waals surface area contributed by atoms with Gasteiger partial charge < -0.3 is 0 Å². The Kier molecular flexibility index (Phi) is 4.07. The van der Waals surface area contributed by atoms with E-state index in [9.17, 15) is 4.79 Å². The van der Waals surface area contributed by atoms with Crippen molar-refractivity contribution >= 4 is 62.0 Å². The Hall–Kier alpha value is -0.950. The molecule has 0 saturated carbocycles. The third-order valence-electron chi connectivity index (χ3n) is 2.60. The molecule has 20 heavy (non-hydrogen) atoms. The van der Waals surface area contributed by atoms with Gasteiger partial charge in [0.25, 0.3) is 0 Å². The minimum Gasteiger partial charge on any atom is -0.292 e. The van der Waals surface area contributed by atoms with Gasteiger partial charge in [-0.3, -0.25) is 4.79 Å². The summed E-state index contributed by atoms with van der Waals surface area (Å²) in [6.45, 7) is 2.04. The van der Waals surface area contributed by atoms with Crippen LogP contribution in [0, 0.1) is 6.92 Å². The summed E-state index contributed by atoms with van der Waals surface area (Å²) in [7, 11) is 0. The lowest BCUT2D eigenvalue weighted by Gasteiger charge is -2.00. The van der Waals surface area contributed by atoms with Gasteiger partial charge in [0.05, 0.1) is 15.0 Å². The Balaban J connectivity index is 1.78. The first-order valence-corrected chi connectivity index (χ1v) is 8.75. The summed E-state index contributed by atoms with van der Waals surface area (Å²) in [5, 5.41) is 1.88. The van der Waals surface area contributed by atoms with Gasteiger partial charge in [0.2, 0.25) is 0 Å². The summed E-state index contributed by atoms with van der Waals surface area (Å²) in [4.78, 5) is 23.4. The average molecular weight is 341 g/mol. The second-order valence-electron chi connectivity index (χ2n) is 4.07. The van der Waals surface area contributed by atoms with E-state index in [4.69, 9.17) is 11.6 Å². The molecule has 0 aliphatic carbocycles. The van der Waals surface area contributed by atoms with Crippen molar-refractivity contribution in [3.63, 3.8) is 0 Å². The maximum atomic E-state index is 12.1. The standard InChI is InChI=1S/C13H9ClN2OS3/c1-7-4-8-12(15-6-16-13(8)19-7)18-5-9(17)10-2-3-11(14)20-10/h2-4,6H,5H2,1H3. The number of Topliss-reactive ketones (excluding diaryl/α,β-unsaturated/α-hetero) is 1. The second kappa shape index (κ2) is 5.81. The zero-order valence-corrected chi connectivity index (χ0v) is 13.6. The van der Waals surface area contributed by atoms with Gasteiger partial charge in [-0.05, 0) is 25.1 Å². The van der Waals surface area contributed by atoms with Crippen molar-refractivity contribution in [1.82, 2.24) is 9.97 Å². The van der Waals surface area contributed by atoms with Crippen LogP contribution in [0.2, 0.25) is 4.34 Å². The average Bonchev–Trinajstić information content (AvgIpc) is 3.01. The number of hydrogen-bond acceptors (Lipinski definition) is 6. The summed E-state index contributed by atoms with van der Waals surface area (Å²) < 4.78 is 0.635. The number of aromatic nitrogens is 2. The molecule has 0 aliphatic rings. The lowest BCUT2D eigenvalue weighted by atomic mass is 10.4. The van der Waals surface area contributed by atoms with E-state index in [1.807, 2.05) is 6.92 Å². The van der Waals surface area contributed by atoms with E-state index >= 15 is 0 Å². The van der Waals surface area contributed by atoms with Crippen LogP contribution in [0.4, 0.5) is 0 Å². The van der Waals surface area contributed by atoms with Gasteiger partial charge in [-0.2, -0.15) is 0 Å². The van der Waals surface area contributed by atoms with Crippen molar-refractivity contribution < 1.29 is 4.79 Å². The number of thioether (sulfide) groups is 1. The molecule has 3 heterocycles. The van der Waals surface area contributed by atoms with E-state index < -0.39 is 0 Å². The Morgan fingerprint density at radius 1 is 1.35 bits per heavy atom. The maximum Gasteiger partial charge on any atom is 0.183 e. The number of fused-ring (bicyclic) bond motifs is 1. The zero-order valence-electron chi connectivity index (χ0n) is 10.4. The van der Waals surface area contributed by atoms with Gasteiger partial charge in [0.15, 0.2) is 5.78 Å². The number of halogens is 1. The van der Waals surface area contributed by atoms with Crippen molar-refractivity contribution in [2.45, 2.75) is 11.9 Å². The predicted molar refractivity (Wildman–Crippen MR) is 86.5 cm³/mol. The van der Waals surface area contributed by atoms with Gasteiger partial charge in [0, 0.05) is 10.3 Å². The van der Waals surface area contributed by atoms with E-state index in [0.29, 0.717) is 15.0 Å². The molecule has 0 radical (unpaired) electrons. The van der Waals surface area contributed by atoms with Crippen molar-refractivity contribution in [2.75, 3.05) is 5.75 Å². The molecule has 0 N–H and O–H groups in total. The van der Waals surface area contributed by atoms with Crippen molar-refractivity contribution in [3.8, 4) is 0 Å². The minimum absolute atomic E-state index is 0.0746. The topological polar surface area (TPSA) is 42.9 Å². The zero-order chi connectivity index (χ0) is 14.1. The number of carbonyl (C=O) groups excluding carboxylic acids is 1. The van der Waals surface area contributed by atoms with Gasteiger partial charge >= 0.3 is 0 Å². The van der Waals surface area contributed by atoms with E-state index in [1.165, 1.54) is 28.0 Å². The second-order valence-corrected chi connectivity index (χ2v) is 7.98. The third kappa shape index (κ3) is 2.88. The quantitative estimate of drug-likeness (QED) is 0.392. The van der Waals surface area contributed by atoms with Crippen LogP contribution in [-0.2, 0) is 0 Å². The van der Waals surface area contributed by atoms with Gasteiger partial charge in [0.1, 0.15) is 16.2 Å². The Morgan fingerprint density at radius 3 is 2.95 bits per heavy atom. The SMILES string of the molecule is Cc1cc2c(SCC(=O)c3ccc(Cl)s3)ncnc2s1. The monoisotopic (exact) mass is 340 g/mol. The predicted octanol–water partition coefficient (Wildman–Crippen LogP) is 4.69. The molecule has 3 nitrogen and oxygen atoms in total. The summed E-state index contributed by atoms with van der Waals surface area (Å²) in [5.41, 5.74) is 0. The molecule has 0 aromatic carbocycles. The molecule has 102 valence electrons.